The van der Waals surface area contributed by atoms with E-state index < -0.39 is 23.9 Å². The van der Waals surface area contributed by atoms with Crippen LogP contribution in [0.3, 0.4) is 0 Å². The highest BCUT2D eigenvalue weighted by atomic mass is 19.1. The molecular formula is C25H23FN4O3. The maximum Gasteiger partial charge on any atom is 0.321 e. The zero-order chi connectivity index (χ0) is 23.4. The van der Waals surface area contributed by atoms with Gasteiger partial charge in [-0.15, -0.1) is 0 Å². The predicted molar refractivity (Wildman–Crippen MR) is 125 cm³/mol. The number of rotatable bonds is 5. The van der Waals surface area contributed by atoms with E-state index in [2.05, 4.69) is 15.6 Å². The number of para-hydroxylation sites is 1. The van der Waals surface area contributed by atoms with Crippen LogP contribution in [0, 0.1) is 5.82 Å². The second-order valence-corrected chi connectivity index (χ2v) is 7.33. The zero-order valence-electron chi connectivity index (χ0n) is 18.2. The van der Waals surface area contributed by atoms with E-state index in [1.807, 2.05) is 6.92 Å². The number of urea groups is 1. The van der Waals surface area contributed by atoms with Crippen molar-refractivity contribution in [3.63, 3.8) is 0 Å². The Labute approximate surface area is 190 Å². The van der Waals surface area contributed by atoms with Crippen molar-refractivity contribution in [2.75, 3.05) is 23.9 Å². The standard InChI is InChI=1S/C25H23FN4O3/c1-3-33-17-10-8-9-16(15-17)27-25(32)29-23-24(31)30(2)21-14-7-5-12-19(21)22(28-23)18-11-4-6-13-20(18)26/h4-15,23H,3H2,1-2H3,(H2,27,29,32). The summed E-state index contributed by atoms with van der Waals surface area (Å²) in [5.74, 6) is -0.318. The zero-order valence-corrected chi connectivity index (χ0v) is 18.2. The smallest absolute Gasteiger partial charge is 0.321 e. The average molecular weight is 446 g/mol. The first-order valence-corrected chi connectivity index (χ1v) is 10.5. The molecule has 3 aromatic carbocycles. The quantitative estimate of drug-likeness (QED) is 0.617. The van der Waals surface area contributed by atoms with Gasteiger partial charge in [-0.2, -0.15) is 0 Å². The first kappa shape index (κ1) is 22.0. The van der Waals surface area contributed by atoms with Gasteiger partial charge in [0.2, 0.25) is 6.17 Å². The molecule has 8 heteroatoms. The summed E-state index contributed by atoms with van der Waals surface area (Å²) < 4.78 is 20.1. The van der Waals surface area contributed by atoms with Gasteiger partial charge in [-0.3, -0.25) is 4.79 Å². The lowest BCUT2D eigenvalue weighted by molar-refractivity contribution is -0.119. The van der Waals surface area contributed by atoms with Gasteiger partial charge in [-0.25, -0.2) is 14.2 Å². The Morgan fingerprint density at radius 3 is 2.55 bits per heavy atom. The third-order valence-corrected chi connectivity index (χ3v) is 5.14. The number of nitrogens with one attached hydrogen (secondary N) is 2. The number of carbonyl (C=O) groups excluding carboxylic acids is 2. The van der Waals surface area contributed by atoms with E-state index in [1.165, 1.54) is 11.0 Å². The summed E-state index contributed by atoms with van der Waals surface area (Å²) >= 11 is 0. The van der Waals surface area contributed by atoms with E-state index in [0.717, 1.165) is 0 Å². The van der Waals surface area contributed by atoms with Crippen molar-refractivity contribution in [1.29, 1.82) is 0 Å². The highest BCUT2D eigenvalue weighted by Crippen LogP contribution is 2.28. The van der Waals surface area contributed by atoms with Gasteiger partial charge in [-0.05, 0) is 37.3 Å². The predicted octanol–water partition coefficient (Wildman–Crippen LogP) is 4.19. The minimum atomic E-state index is -1.26. The molecular weight excluding hydrogens is 423 g/mol. The summed E-state index contributed by atoms with van der Waals surface area (Å²) in [7, 11) is 1.60. The number of carbonyl (C=O) groups is 2. The molecule has 168 valence electrons. The number of amides is 3. The number of halogens is 1. The molecule has 1 aliphatic rings. The molecule has 0 bridgehead atoms. The van der Waals surface area contributed by atoms with Crippen molar-refractivity contribution < 1.29 is 18.7 Å². The Bertz CT molecular complexity index is 1230. The summed E-state index contributed by atoms with van der Waals surface area (Å²) in [6.45, 7) is 2.36. The highest BCUT2D eigenvalue weighted by Gasteiger charge is 2.31. The van der Waals surface area contributed by atoms with Gasteiger partial charge in [-0.1, -0.05) is 36.4 Å². The molecule has 1 heterocycles. The van der Waals surface area contributed by atoms with Crippen molar-refractivity contribution in [2.24, 2.45) is 4.99 Å². The second kappa shape index (κ2) is 9.52. The Balaban J connectivity index is 1.67. The topological polar surface area (TPSA) is 83.0 Å². The monoisotopic (exact) mass is 446 g/mol. The molecule has 0 saturated carbocycles. The molecule has 4 rings (SSSR count). The van der Waals surface area contributed by atoms with Crippen LogP contribution in [-0.4, -0.2) is 37.5 Å². The Hall–Kier alpha value is -4.20. The van der Waals surface area contributed by atoms with Crippen LogP contribution in [0.15, 0.2) is 77.8 Å². The molecule has 0 aliphatic carbocycles. The molecule has 0 radical (unpaired) electrons. The van der Waals surface area contributed by atoms with Crippen LogP contribution in [-0.2, 0) is 4.79 Å². The number of nitrogens with zero attached hydrogens (tertiary/aromatic N) is 2. The maximum absolute atomic E-state index is 14.7. The number of ether oxygens (including phenoxy) is 1. The van der Waals surface area contributed by atoms with Gasteiger partial charge in [0.15, 0.2) is 0 Å². The lowest BCUT2D eigenvalue weighted by Gasteiger charge is -2.21. The SMILES string of the molecule is CCOc1cccc(NC(=O)NC2N=C(c3ccccc3F)c3ccccc3N(C)C2=O)c1. The van der Waals surface area contributed by atoms with Crippen molar-refractivity contribution in [2.45, 2.75) is 13.1 Å². The fraction of sp³-hybridized carbons (Fsp3) is 0.160. The van der Waals surface area contributed by atoms with Crippen LogP contribution in [0.2, 0.25) is 0 Å². The Morgan fingerprint density at radius 1 is 1.06 bits per heavy atom. The molecule has 0 fully saturated rings. The van der Waals surface area contributed by atoms with E-state index in [1.54, 1.807) is 73.8 Å². The molecule has 0 saturated heterocycles. The molecule has 0 spiro atoms. The van der Waals surface area contributed by atoms with E-state index in [0.29, 0.717) is 29.3 Å². The van der Waals surface area contributed by atoms with E-state index in [9.17, 15) is 14.0 Å². The molecule has 2 N–H and O–H groups in total. The number of likely N-dealkylation sites (N-methyl/N-ethyl adjacent to an activating group) is 1. The molecule has 3 amide bonds. The molecule has 1 atom stereocenters. The van der Waals surface area contributed by atoms with Crippen LogP contribution in [0.5, 0.6) is 5.75 Å². The molecule has 33 heavy (non-hydrogen) atoms. The minimum Gasteiger partial charge on any atom is -0.494 e. The van der Waals surface area contributed by atoms with Gasteiger partial charge in [0.25, 0.3) is 5.91 Å². The average Bonchev–Trinajstić information content (AvgIpc) is 2.91. The minimum absolute atomic E-state index is 0.240. The number of benzodiazepines with no additional fused rings is 1. The van der Waals surface area contributed by atoms with Crippen molar-refractivity contribution in [1.82, 2.24) is 5.32 Å². The molecule has 3 aromatic rings. The lowest BCUT2D eigenvalue weighted by atomic mass is 10.00. The molecule has 1 aliphatic heterocycles. The van der Waals surface area contributed by atoms with E-state index in [4.69, 9.17) is 4.74 Å². The van der Waals surface area contributed by atoms with Crippen LogP contribution in [0.4, 0.5) is 20.6 Å². The van der Waals surface area contributed by atoms with E-state index in [-0.39, 0.29) is 11.3 Å². The highest BCUT2D eigenvalue weighted by molar-refractivity contribution is 6.20. The van der Waals surface area contributed by atoms with Gasteiger partial charge >= 0.3 is 6.03 Å². The largest absolute Gasteiger partial charge is 0.494 e. The summed E-state index contributed by atoms with van der Waals surface area (Å²) in [5, 5.41) is 5.29. The van der Waals surface area contributed by atoms with Gasteiger partial charge < -0.3 is 20.3 Å². The van der Waals surface area contributed by atoms with Gasteiger partial charge in [0.1, 0.15) is 11.6 Å². The van der Waals surface area contributed by atoms with Gasteiger partial charge in [0, 0.05) is 29.9 Å². The number of anilines is 2. The summed E-state index contributed by atoms with van der Waals surface area (Å²) in [4.78, 5) is 31.8. The molecule has 1 unspecified atom stereocenters. The Kier molecular flexibility index (Phi) is 6.35. The fourth-order valence-electron chi connectivity index (χ4n) is 3.61. The van der Waals surface area contributed by atoms with Gasteiger partial charge in [0.05, 0.1) is 18.0 Å². The third-order valence-electron chi connectivity index (χ3n) is 5.14. The number of hydrogen-bond acceptors (Lipinski definition) is 4. The normalized spacial score (nSPS) is 15.2. The number of benzene rings is 3. The lowest BCUT2D eigenvalue weighted by Crippen LogP contribution is -2.47. The number of hydrogen-bond donors (Lipinski definition) is 2. The van der Waals surface area contributed by atoms with E-state index >= 15 is 0 Å². The fourth-order valence-corrected chi connectivity index (χ4v) is 3.61. The van der Waals surface area contributed by atoms with Crippen LogP contribution < -0.4 is 20.3 Å². The van der Waals surface area contributed by atoms with Crippen LogP contribution in [0.1, 0.15) is 18.1 Å². The maximum atomic E-state index is 14.7. The number of aliphatic imine (C=N–C) groups is 1. The second-order valence-electron chi connectivity index (χ2n) is 7.33. The van der Waals surface area contributed by atoms with Crippen LogP contribution in [0.25, 0.3) is 0 Å². The summed E-state index contributed by atoms with van der Waals surface area (Å²) in [6.07, 6.45) is -1.26. The van der Waals surface area contributed by atoms with Crippen LogP contribution >= 0.6 is 0 Å². The first-order chi connectivity index (χ1) is 16.0. The number of fused-ring (bicyclic) bond motifs is 1. The third kappa shape index (κ3) is 4.69. The van der Waals surface area contributed by atoms with Crippen molar-refractivity contribution in [3.05, 3.63) is 89.7 Å². The molecule has 0 aromatic heterocycles. The Morgan fingerprint density at radius 2 is 1.79 bits per heavy atom. The summed E-state index contributed by atoms with van der Waals surface area (Å²) in [5.41, 5.74) is 2.18. The van der Waals surface area contributed by atoms with Crippen molar-refractivity contribution >= 4 is 29.0 Å². The first-order valence-electron chi connectivity index (χ1n) is 10.5. The summed E-state index contributed by atoms with van der Waals surface area (Å²) in [6, 6.07) is 19.6. The molecule has 7 nitrogen and oxygen atoms in total. The van der Waals surface area contributed by atoms with Crippen molar-refractivity contribution in [3.8, 4) is 5.75 Å².